The van der Waals surface area contributed by atoms with Crippen LogP contribution in [0.1, 0.15) is 213 Å². The number of amides is 1. The molecule has 13 saturated carbocycles. The summed E-state index contributed by atoms with van der Waals surface area (Å²) in [6.07, 6.45) is 36.2. The Morgan fingerprint density at radius 1 is 0.635 bits per heavy atom. The minimum Gasteiger partial charge on any atom is -0.481 e. The van der Waals surface area contributed by atoms with Crippen LogP contribution in [0.2, 0.25) is 0 Å². The van der Waals surface area contributed by atoms with Gasteiger partial charge in [-0.15, -0.1) is 12.4 Å². The van der Waals surface area contributed by atoms with Crippen molar-refractivity contribution < 1.29 is 33.8 Å². The van der Waals surface area contributed by atoms with Crippen molar-refractivity contribution in [3.8, 4) is 24.3 Å². The number of carboxylic acids is 1. The molecule has 14 rings (SSSR count). The molecule has 4 N–H and O–H groups in total. The van der Waals surface area contributed by atoms with Gasteiger partial charge in [0.2, 0.25) is 5.91 Å². The number of carbonyl (C=O) groups excluding carboxylic acids is 3. The molecule has 13 aliphatic carbocycles. The van der Waals surface area contributed by atoms with Gasteiger partial charge in [0.1, 0.15) is 0 Å². The maximum absolute atomic E-state index is 11.7. The number of nitrogens with one attached hydrogen (secondary N) is 1. The van der Waals surface area contributed by atoms with Crippen LogP contribution in [-0.4, -0.2) is 66.4 Å². The molecular formula is C69H103Br2ClN6O7. The van der Waals surface area contributed by atoms with Crippen molar-refractivity contribution in [2.75, 3.05) is 37.5 Å². The number of hydrogen-bond acceptors (Lipinski definition) is 11. The Labute approximate surface area is 533 Å². The Hall–Kier alpha value is -3.21. The topological polar surface area (TPSA) is 240 Å². The molecule has 1 spiro atoms. The molecule has 14 aliphatic rings. The third-order valence-electron chi connectivity index (χ3n) is 24.5. The van der Waals surface area contributed by atoms with Crippen LogP contribution < -0.4 is 11.1 Å². The van der Waals surface area contributed by atoms with E-state index in [-0.39, 0.29) is 53.9 Å². The molecule has 16 heteroatoms. The first-order valence-electron chi connectivity index (χ1n) is 33.1. The van der Waals surface area contributed by atoms with Crippen molar-refractivity contribution in [2.45, 2.75) is 213 Å². The number of carbonyl (C=O) groups is 4. The van der Waals surface area contributed by atoms with Gasteiger partial charge >= 0.3 is 17.9 Å². The number of nitrogens with zero attached hydrogens (tertiary/aromatic N) is 4. The molecule has 19 atom stereocenters. The van der Waals surface area contributed by atoms with E-state index < -0.39 is 16.8 Å². The quantitative estimate of drug-likeness (QED) is 0.0994. The van der Waals surface area contributed by atoms with E-state index in [0.29, 0.717) is 48.2 Å². The van der Waals surface area contributed by atoms with E-state index in [0.717, 1.165) is 130 Å². The highest BCUT2D eigenvalue weighted by molar-refractivity contribution is 9.09. The van der Waals surface area contributed by atoms with Gasteiger partial charge in [0.05, 0.1) is 61.7 Å². The number of methoxy groups -OCH3 is 1. The van der Waals surface area contributed by atoms with Gasteiger partial charge in [-0.3, -0.25) is 19.2 Å². The molecule has 13 nitrogen and oxygen atoms in total. The molecule has 7 unspecified atom stereocenters. The average molecular weight is 1320 g/mol. The van der Waals surface area contributed by atoms with E-state index in [1.165, 1.54) is 139 Å². The summed E-state index contributed by atoms with van der Waals surface area (Å²) >= 11 is 6.97. The maximum atomic E-state index is 11.7. The van der Waals surface area contributed by atoms with Gasteiger partial charge < -0.3 is 25.6 Å². The van der Waals surface area contributed by atoms with E-state index in [4.69, 9.17) is 31.4 Å². The second kappa shape index (κ2) is 30.5. The van der Waals surface area contributed by atoms with Crippen molar-refractivity contribution in [1.82, 2.24) is 5.32 Å². The van der Waals surface area contributed by atoms with Gasteiger partial charge in [-0.2, -0.15) is 21.0 Å². The highest BCUT2D eigenvalue weighted by Crippen LogP contribution is 2.61. The summed E-state index contributed by atoms with van der Waals surface area (Å²) < 4.78 is 9.62. The lowest BCUT2D eigenvalue weighted by molar-refractivity contribution is -0.152. The van der Waals surface area contributed by atoms with Crippen LogP contribution in [0.4, 0.5) is 0 Å². The van der Waals surface area contributed by atoms with Crippen molar-refractivity contribution in [3.63, 3.8) is 0 Å². The van der Waals surface area contributed by atoms with Gasteiger partial charge in [0.15, 0.2) is 5.41 Å². The fraction of sp³-hybridized carbons (Fsp3) is 0.855. The highest BCUT2D eigenvalue weighted by Gasteiger charge is 2.56. The lowest BCUT2D eigenvalue weighted by Gasteiger charge is -2.33. The number of allylic oxidation sites excluding steroid dienone is 2. The van der Waals surface area contributed by atoms with Gasteiger partial charge in [0, 0.05) is 29.5 Å². The molecule has 1 saturated heterocycles. The predicted octanol–water partition coefficient (Wildman–Crippen LogP) is 15.1. The first-order valence-corrected chi connectivity index (χ1v) is 35.3. The van der Waals surface area contributed by atoms with E-state index in [9.17, 15) is 24.4 Å². The summed E-state index contributed by atoms with van der Waals surface area (Å²) in [4.78, 5) is 44.7. The Morgan fingerprint density at radius 3 is 1.38 bits per heavy atom. The molecular weight excluding hydrogens is 1220 g/mol. The summed E-state index contributed by atoms with van der Waals surface area (Å²) in [7, 11) is 1.39. The van der Waals surface area contributed by atoms with Gasteiger partial charge in [-0.25, -0.2) is 0 Å². The Kier molecular flexibility index (Phi) is 24.9. The van der Waals surface area contributed by atoms with Crippen LogP contribution in [-0.2, 0) is 28.7 Å². The van der Waals surface area contributed by atoms with Crippen LogP contribution in [0.5, 0.6) is 0 Å². The van der Waals surface area contributed by atoms with E-state index in [1.807, 2.05) is 0 Å². The molecule has 1 heterocycles. The lowest BCUT2D eigenvalue weighted by atomic mass is 9.76. The standard InChI is InChI=1S/C13H19N.2C11H15NO2.C10H17NO2.C10H15NO.C8H11N.C6H10Br2.ClH/c1-10(2)5-6-13(9-14)7-11-3-4-12(11)8-13;1-14-10(13)6-11(7-12)4-8-2-3-9(8)5-11;1-2-14-10(13)11(7-12)5-8-3-4-9(8)6-11;11-6-10(5-9(12)13)3-7-1-2-8(7)4-10;12-9-5-10(6-11-9)3-7-1-2-8(7)4-10;9-5-6-3-7-1-2-8(7)4-6;7-3-5-1-2-6(5)4-8;/h5,11-12H,3-4,6-8H2,1-2H3;2*8-9H,2-6H2,1H3;7-8H,1-6,11H2,(H,12,13);7-8H,1-6H2,(H,11,12);6-8H,1-4H2;5-6H,1-4H2;1H/t11-,12+,13?;8-,9+,11?;;2*7-,8+,10?;6?,7-,8+;5-,6+;. The van der Waals surface area contributed by atoms with Crippen molar-refractivity contribution in [2.24, 2.45) is 122 Å². The number of nitriles is 4. The highest BCUT2D eigenvalue weighted by atomic mass is 79.9. The Bertz CT molecular complexity index is 2430. The number of halogens is 3. The van der Waals surface area contributed by atoms with E-state index >= 15 is 0 Å². The van der Waals surface area contributed by atoms with E-state index in [2.05, 4.69) is 86.1 Å². The molecule has 14 fully saturated rings. The number of ether oxygens (including phenoxy) is 2. The van der Waals surface area contributed by atoms with Gasteiger partial charge in [0.25, 0.3) is 0 Å². The number of fused-ring (bicyclic) bond motifs is 6. The Morgan fingerprint density at radius 2 is 1.06 bits per heavy atom. The molecule has 0 aromatic carbocycles. The Balaban J connectivity index is 0.000000143. The largest absolute Gasteiger partial charge is 0.481 e. The predicted molar refractivity (Wildman–Crippen MR) is 338 cm³/mol. The zero-order chi connectivity index (χ0) is 60.5. The fourth-order valence-electron chi connectivity index (χ4n) is 18.3. The first kappa shape index (κ1) is 69.3. The van der Waals surface area contributed by atoms with Crippen LogP contribution >= 0.6 is 44.3 Å². The van der Waals surface area contributed by atoms with Gasteiger partial charge in [-0.1, -0.05) is 43.5 Å². The van der Waals surface area contributed by atoms with Crippen LogP contribution in [0.25, 0.3) is 0 Å². The number of aliphatic carboxylic acids is 1. The summed E-state index contributed by atoms with van der Waals surface area (Å²) in [6.45, 7) is 7.92. The second-order valence-electron chi connectivity index (χ2n) is 30.0. The SMILES string of the molecule is BrC[C@@H]1CC[C@@H]1CBr.CC(C)=CCC1(C#N)C[C@H]2CC[C@H]2C1.CCOC(=O)C1(C#N)CC2CCC2C1.COC(=O)CC1(C#N)C[C@H]2CC[C@H]2C1.Cl.N#CC1C[C@H]2CC[C@H]2C1.NCC1(CC(=O)O)C[C@H]2CC[C@H]2C1.O=C1CC2(CN1)C[C@H]1CC[C@H]1C2. The lowest BCUT2D eigenvalue weighted by Crippen LogP contribution is -2.30. The summed E-state index contributed by atoms with van der Waals surface area (Å²) in [6, 6.07) is 9.48. The number of nitrogens with two attached hydrogens (primary N) is 1. The second-order valence-corrected chi connectivity index (χ2v) is 31.3. The van der Waals surface area contributed by atoms with Crippen LogP contribution in [0.3, 0.4) is 0 Å². The molecule has 1 aliphatic heterocycles. The zero-order valence-electron chi connectivity index (χ0n) is 51.9. The van der Waals surface area contributed by atoms with Crippen LogP contribution in [0.15, 0.2) is 11.6 Å². The minimum atomic E-state index is -0.804. The zero-order valence-corrected chi connectivity index (χ0v) is 55.9. The summed E-state index contributed by atoms with van der Waals surface area (Å²) in [5, 5.41) is 50.4. The molecule has 472 valence electrons. The molecule has 0 bridgehead atoms. The number of rotatable bonds is 11. The number of hydrogen-bond donors (Lipinski definition) is 3. The number of alkyl halides is 2. The van der Waals surface area contributed by atoms with Crippen LogP contribution in [0, 0.1) is 161 Å². The molecule has 1 amide bonds. The summed E-state index contributed by atoms with van der Waals surface area (Å²) in [5.74, 6) is 11.3. The summed E-state index contributed by atoms with van der Waals surface area (Å²) in [5.41, 5.74) is 6.20. The van der Waals surface area contributed by atoms with Crippen molar-refractivity contribution >= 4 is 68.1 Å². The molecule has 85 heavy (non-hydrogen) atoms. The third-order valence-corrected chi connectivity index (χ3v) is 26.2. The molecule has 0 aromatic heterocycles. The first-order chi connectivity index (χ1) is 40.3. The third kappa shape index (κ3) is 16.6. The normalized spacial score (nSPS) is 41.6. The van der Waals surface area contributed by atoms with E-state index in [1.54, 1.807) is 6.92 Å². The maximum Gasteiger partial charge on any atom is 0.326 e. The molecule has 0 radical (unpaired) electrons. The van der Waals surface area contributed by atoms with Crippen molar-refractivity contribution in [3.05, 3.63) is 11.6 Å². The fourth-order valence-corrected chi connectivity index (χ4v) is 20.0. The van der Waals surface area contributed by atoms with Crippen molar-refractivity contribution in [1.29, 1.82) is 21.0 Å². The van der Waals surface area contributed by atoms with Gasteiger partial charge in [-0.05, 0) is 294 Å². The number of carboxylic acid groups (broad SMARTS) is 1. The average Bonchev–Trinajstić information content (AvgIpc) is 2.18. The number of esters is 2. The minimum absolute atomic E-state index is 0. The monoisotopic (exact) mass is 1320 g/mol. The molecule has 0 aromatic rings. The smallest absolute Gasteiger partial charge is 0.326 e.